The molecule has 0 aliphatic carbocycles. The van der Waals surface area contributed by atoms with Crippen molar-refractivity contribution in [3.63, 3.8) is 0 Å². The van der Waals surface area contributed by atoms with Gasteiger partial charge in [0.1, 0.15) is 11.3 Å². The number of anilines is 1. The number of oxazole rings is 1. The Bertz CT molecular complexity index is 1080. The molecule has 9 heteroatoms. The van der Waals surface area contributed by atoms with Gasteiger partial charge < -0.3 is 23.7 Å². The van der Waals surface area contributed by atoms with Crippen LogP contribution in [0.4, 0.5) is 5.69 Å². The van der Waals surface area contributed by atoms with Gasteiger partial charge in [0.05, 0.1) is 31.2 Å². The first kappa shape index (κ1) is 19.9. The number of nitrogens with zero attached hydrogens (tertiary/aromatic N) is 3. The van der Waals surface area contributed by atoms with Gasteiger partial charge in [-0.25, -0.2) is 4.98 Å². The quantitative estimate of drug-likeness (QED) is 0.578. The first-order chi connectivity index (χ1) is 15.2. The highest BCUT2D eigenvalue weighted by atomic mass is 32.2. The maximum Gasteiger partial charge on any atom is 0.265 e. The Kier molecular flexibility index (Phi) is 5.52. The number of hydrogen-bond donors (Lipinski definition) is 0. The number of benzene rings is 2. The summed E-state index contributed by atoms with van der Waals surface area (Å²) in [7, 11) is 0. The van der Waals surface area contributed by atoms with Crippen LogP contribution in [0.3, 0.4) is 0 Å². The van der Waals surface area contributed by atoms with Gasteiger partial charge in [0.15, 0.2) is 11.7 Å². The summed E-state index contributed by atoms with van der Waals surface area (Å²) in [6.45, 7) is 2.25. The average molecular weight is 439 g/mol. The molecular formula is C22H21N3O5S. The molecule has 0 radical (unpaired) electrons. The summed E-state index contributed by atoms with van der Waals surface area (Å²) in [5.74, 6) is 0.408. The van der Waals surface area contributed by atoms with Crippen LogP contribution in [-0.2, 0) is 14.3 Å². The number of fused-ring (bicyclic) bond motifs is 2. The van der Waals surface area contributed by atoms with E-state index >= 15 is 0 Å². The molecular weight excluding hydrogens is 418 g/mol. The molecule has 160 valence electrons. The molecule has 2 aliphatic rings. The van der Waals surface area contributed by atoms with Crippen molar-refractivity contribution in [1.82, 2.24) is 9.88 Å². The molecule has 1 aromatic heterocycles. The third kappa shape index (κ3) is 4.11. The van der Waals surface area contributed by atoms with Gasteiger partial charge in [-0.1, -0.05) is 36.0 Å². The van der Waals surface area contributed by atoms with Gasteiger partial charge in [0, 0.05) is 13.1 Å². The molecule has 1 atom stereocenters. The molecule has 5 rings (SSSR count). The summed E-state index contributed by atoms with van der Waals surface area (Å²) in [4.78, 5) is 33.9. The predicted molar refractivity (Wildman–Crippen MR) is 115 cm³/mol. The zero-order valence-corrected chi connectivity index (χ0v) is 17.5. The second kappa shape index (κ2) is 8.60. The van der Waals surface area contributed by atoms with E-state index in [9.17, 15) is 9.59 Å². The molecule has 3 aromatic rings. The van der Waals surface area contributed by atoms with Crippen molar-refractivity contribution in [2.24, 2.45) is 0 Å². The minimum Gasteiger partial charge on any atom is -0.476 e. The molecule has 0 spiro atoms. The van der Waals surface area contributed by atoms with Crippen LogP contribution in [-0.4, -0.2) is 66.4 Å². The minimum atomic E-state index is -0.744. The van der Waals surface area contributed by atoms with Crippen LogP contribution in [0, 0.1) is 0 Å². The van der Waals surface area contributed by atoms with Crippen molar-refractivity contribution in [3.05, 3.63) is 48.5 Å². The van der Waals surface area contributed by atoms with Gasteiger partial charge in [-0.05, 0) is 24.3 Å². The largest absolute Gasteiger partial charge is 0.476 e. The van der Waals surface area contributed by atoms with Crippen molar-refractivity contribution < 1.29 is 23.5 Å². The molecule has 1 fully saturated rings. The van der Waals surface area contributed by atoms with E-state index in [2.05, 4.69) is 4.98 Å². The van der Waals surface area contributed by atoms with Gasteiger partial charge in [0.2, 0.25) is 5.91 Å². The Balaban J connectivity index is 1.32. The summed E-state index contributed by atoms with van der Waals surface area (Å²) >= 11 is 1.24. The molecule has 1 unspecified atom stereocenters. The normalized spacial score (nSPS) is 18.5. The Labute approximate surface area is 183 Å². The highest BCUT2D eigenvalue weighted by Crippen LogP contribution is 2.34. The number of para-hydroxylation sites is 4. The lowest BCUT2D eigenvalue weighted by Crippen LogP contribution is -2.54. The van der Waals surface area contributed by atoms with Crippen LogP contribution in [0.1, 0.15) is 0 Å². The molecule has 2 aromatic carbocycles. The molecule has 31 heavy (non-hydrogen) atoms. The number of carbonyl (C=O) groups is 2. The topological polar surface area (TPSA) is 85.1 Å². The second-order valence-electron chi connectivity index (χ2n) is 7.25. The van der Waals surface area contributed by atoms with Gasteiger partial charge in [0.25, 0.3) is 11.1 Å². The van der Waals surface area contributed by atoms with Crippen molar-refractivity contribution in [2.75, 3.05) is 43.5 Å². The lowest BCUT2D eigenvalue weighted by molar-refractivity contribution is -0.142. The van der Waals surface area contributed by atoms with E-state index in [-0.39, 0.29) is 24.1 Å². The van der Waals surface area contributed by atoms with Crippen LogP contribution in [0.2, 0.25) is 0 Å². The summed E-state index contributed by atoms with van der Waals surface area (Å²) < 4.78 is 17.0. The third-order valence-corrected chi connectivity index (χ3v) is 6.08. The summed E-state index contributed by atoms with van der Waals surface area (Å²) in [6, 6.07) is 14.8. The Morgan fingerprint density at radius 2 is 1.84 bits per heavy atom. The van der Waals surface area contributed by atoms with Gasteiger partial charge in [-0.3, -0.25) is 9.59 Å². The highest BCUT2D eigenvalue weighted by Gasteiger charge is 2.36. The molecule has 1 saturated heterocycles. The monoisotopic (exact) mass is 439 g/mol. The van der Waals surface area contributed by atoms with E-state index < -0.39 is 6.10 Å². The first-order valence-electron chi connectivity index (χ1n) is 10.1. The maximum absolute atomic E-state index is 13.1. The van der Waals surface area contributed by atoms with E-state index in [1.54, 1.807) is 15.9 Å². The summed E-state index contributed by atoms with van der Waals surface area (Å²) in [5.41, 5.74) is 2.10. The predicted octanol–water partition coefficient (Wildman–Crippen LogP) is 2.57. The van der Waals surface area contributed by atoms with Crippen molar-refractivity contribution in [1.29, 1.82) is 0 Å². The molecule has 0 N–H and O–H groups in total. The van der Waals surface area contributed by atoms with Crippen molar-refractivity contribution in [3.8, 4) is 5.75 Å². The lowest BCUT2D eigenvalue weighted by Gasteiger charge is -2.37. The minimum absolute atomic E-state index is 0.123. The highest BCUT2D eigenvalue weighted by molar-refractivity contribution is 7.99. The Morgan fingerprint density at radius 3 is 2.68 bits per heavy atom. The van der Waals surface area contributed by atoms with Gasteiger partial charge >= 0.3 is 0 Å². The van der Waals surface area contributed by atoms with Crippen LogP contribution in [0.15, 0.2) is 58.2 Å². The SMILES string of the molecule is O=C(C1CN(C(=O)CSc2nc3ccccc3o2)c2ccccc2O1)N1CCOCC1. The number of ether oxygens (including phenoxy) is 2. The van der Waals surface area contributed by atoms with E-state index in [4.69, 9.17) is 13.9 Å². The molecule has 3 heterocycles. The number of aromatic nitrogens is 1. The first-order valence-corrected chi connectivity index (χ1v) is 11.1. The number of carbonyl (C=O) groups excluding carboxylic acids is 2. The molecule has 8 nitrogen and oxygen atoms in total. The lowest BCUT2D eigenvalue weighted by atomic mass is 10.1. The van der Waals surface area contributed by atoms with Crippen molar-refractivity contribution >= 4 is 40.4 Å². The van der Waals surface area contributed by atoms with Gasteiger partial charge in [-0.15, -0.1) is 0 Å². The van der Waals surface area contributed by atoms with Crippen LogP contribution in [0.5, 0.6) is 5.75 Å². The van der Waals surface area contributed by atoms with Crippen molar-refractivity contribution in [2.45, 2.75) is 11.3 Å². The number of hydrogen-bond acceptors (Lipinski definition) is 7. The van der Waals surface area contributed by atoms with E-state index in [1.165, 1.54) is 11.8 Å². The van der Waals surface area contributed by atoms with E-state index in [0.29, 0.717) is 48.5 Å². The average Bonchev–Trinajstić information content (AvgIpc) is 3.25. The second-order valence-corrected chi connectivity index (χ2v) is 8.18. The molecule has 2 aliphatic heterocycles. The van der Waals surface area contributed by atoms with Crippen LogP contribution < -0.4 is 9.64 Å². The van der Waals surface area contributed by atoms with Gasteiger partial charge in [-0.2, -0.15) is 0 Å². The molecule has 2 amide bonds. The fourth-order valence-electron chi connectivity index (χ4n) is 3.70. The third-order valence-electron chi connectivity index (χ3n) is 5.27. The Hall–Kier alpha value is -3.04. The Morgan fingerprint density at radius 1 is 1.06 bits per heavy atom. The molecule has 0 bridgehead atoms. The standard InChI is InChI=1S/C22H21N3O5S/c26-20(14-31-22-23-15-5-1-3-7-17(15)30-22)25-13-19(21(27)24-9-11-28-12-10-24)29-18-8-4-2-6-16(18)25/h1-8,19H,9-14H2. The number of amides is 2. The van der Waals surface area contributed by atoms with E-state index in [1.807, 2.05) is 42.5 Å². The smallest absolute Gasteiger partial charge is 0.265 e. The van der Waals surface area contributed by atoms with E-state index in [0.717, 1.165) is 5.52 Å². The fourth-order valence-corrected chi connectivity index (χ4v) is 4.42. The van der Waals surface area contributed by atoms with Crippen LogP contribution in [0.25, 0.3) is 11.1 Å². The van der Waals surface area contributed by atoms with Crippen LogP contribution >= 0.6 is 11.8 Å². The fraction of sp³-hybridized carbons (Fsp3) is 0.318. The molecule has 0 saturated carbocycles. The summed E-state index contributed by atoms with van der Waals surface area (Å²) in [6.07, 6.45) is -0.744. The zero-order valence-electron chi connectivity index (χ0n) is 16.7. The zero-order chi connectivity index (χ0) is 21.2. The number of thioether (sulfide) groups is 1. The summed E-state index contributed by atoms with van der Waals surface area (Å²) in [5, 5.41) is 0.442. The maximum atomic E-state index is 13.1. The number of rotatable bonds is 4. The number of morpholine rings is 1.